The minimum absolute atomic E-state index is 0.157. The first-order valence-corrected chi connectivity index (χ1v) is 3.42. The Bertz CT molecular complexity index is 178. The lowest BCUT2D eigenvalue weighted by Gasteiger charge is -2.09. The van der Waals surface area contributed by atoms with E-state index in [-0.39, 0.29) is 11.6 Å². The summed E-state index contributed by atoms with van der Waals surface area (Å²) < 4.78 is 5.07. The van der Waals surface area contributed by atoms with Crippen LogP contribution in [0.1, 0.15) is 26.7 Å². The minimum Gasteiger partial charge on any atom is -0.456 e. The lowest BCUT2D eigenvalue weighted by atomic mass is 10.3. The van der Waals surface area contributed by atoms with E-state index in [0.717, 1.165) is 12.8 Å². The summed E-state index contributed by atoms with van der Waals surface area (Å²) in [6, 6.07) is 0. The number of esters is 1. The molecule has 1 aliphatic carbocycles. The van der Waals surface area contributed by atoms with Crippen LogP contribution in [-0.4, -0.2) is 11.6 Å². The van der Waals surface area contributed by atoms with Gasteiger partial charge in [0.25, 0.3) is 0 Å². The van der Waals surface area contributed by atoms with Crippen LogP contribution in [0.5, 0.6) is 0 Å². The molecule has 2 nitrogen and oxygen atoms in total. The lowest BCUT2D eigenvalue weighted by molar-refractivity contribution is -0.145. The van der Waals surface area contributed by atoms with Gasteiger partial charge in [-0.2, -0.15) is 0 Å². The van der Waals surface area contributed by atoms with E-state index in [1.807, 2.05) is 6.92 Å². The van der Waals surface area contributed by atoms with E-state index in [0.29, 0.717) is 5.57 Å². The Morgan fingerprint density at radius 3 is 2.40 bits per heavy atom. The van der Waals surface area contributed by atoms with Crippen LogP contribution in [0.2, 0.25) is 0 Å². The van der Waals surface area contributed by atoms with E-state index < -0.39 is 0 Å². The zero-order valence-electron chi connectivity index (χ0n) is 6.44. The van der Waals surface area contributed by atoms with Gasteiger partial charge in [-0.1, -0.05) is 6.58 Å². The molecule has 0 radical (unpaired) electrons. The molecular formula is C8H12O2. The molecule has 10 heavy (non-hydrogen) atoms. The van der Waals surface area contributed by atoms with Crippen LogP contribution >= 0.6 is 0 Å². The third-order valence-corrected chi connectivity index (χ3v) is 1.64. The molecule has 0 saturated heterocycles. The molecule has 0 bridgehead atoms. The summed E-state index contributed by atoms with van der Waals surface area (Å²) in [5, 5.41) is 0. The molecule has 56 valence electrons. The third-order valence-electron chi connectivity index (χ3n) is 1.64. The highest BCUT2D eigenvalue weighted by Gasteiger charge is 2.41. The molecule has 0 unspecified atom stereocenters. The number of hydrogen-bond acceptors (Lipinski definition) is 2. The van der Waals surface area contributed by atoms with Crippen molar-refractivity contribution in [2.45, 2.75) is 32.3 Å². The maximum absolute atomic E-state index is 10.9. The maximum Gasteiger partial charge on any atom is 0.333 e. The highest BCUT2D eigenvalue weighted by Crippen LogP contribution is 2.39. The molecule has 0 atom stereocenters. The van der Waals surface area contributed by atoms with Crippen LogP contribution in [0.15, 0.2) is 12.2 Å². The standard InChI is InChI=1S/C8H12O2/c1-6(2)7(9)10-8(3)4-5-8/h1,4-5H2,2-3H3. The largest absolute Gasteiger partial charge is 0.456 e. The molecule has 0 aromatic rings. The average Bonchev–Trinajstić information content (AvgIpc) is 2.47. The molecule has 0 aromatic carbocycles. The van der Waals surface area contributed by atoms with Gasteiger partial charge in [-0.15, -0.1) is 0 Å². The third kappa shape index (κ3) is 1.59. The fourth-order valence-corrected chi connectivity index (χ4v) is 0.589. The molecular weight excluding hydrogens is 128 g/mol. The van der Waals surface area contributed by atoms with Crippen molar-refractivity contribution in [2.24, 2.45) is 0 Å². The van der Waals surface area contributed by atoms with Crippen molar-refractivity contribution in [2.75, 3.05) is 0 Å². The summed E-state index contributed by atoms with van der Waals surface area (Å²) in [5.74, 6) is -0.264. The predicted molar refractivity (Wildman–Crippen MR) is 38.5 cm³/mol. The molecule has 0 heterocycles. The monoisotopic (exact) mass is 140 g/mol. The molecule has 1 aliphatic rings. The average molecular weight is 140 g/mol. The van der Waals surface area contributed by atoms with Crippen LogP contribution in [0, 0.1) is 0 Å². The normalized spacial score (nSPS) is 19.8. The number of carbonyl (C=O) groups excluding carboxylic acids is 1. The van der Waals surface area contributed by atoms with E-state index in [1.54, 1.807) is 6.92 Å². The van der Waals surface area contributed by atoms with E-state index in [2.05, 4.69) is 6.58 Å². The van der Waals surface area contributed by atoms with Gasteiger partial charge in [0.2, 0.25) is 0 Å². The summed E-state index contributed by atoms with van der Waals surface area (Å²) in [4.78, 5) is 10.9. The summed E-state index contributed by atoms with van der Waals surface area (Å²) in [7, 11) is 0. The minimum atomic E-state index is -0.264. The Labute approximate surface area is 60.9 Å². The molecule has 1 fully saturated rings. The highest BCUT2D eigenvalue weighted by molar-refractivity contribution is 5.87. The smallest absolute Gasteiger partial charge is 0.333 e. The van der Waals surface area contributed by atoms with Crippen LogP contribution in [-0.2, 0) is 9.53 Å². The van der Waals surface area contributed by atoms with Crippen molar-refractivity contribution in [3.8, 4) is 0 Å². The van der Waals surface area contributed by atoms with Crippen LogP contribution in [0.4, 0.5) is 0 Å². The van der Waals surface area contributed by atoms with Gasteiger partial charge in [-0.25, -0.2) is 4.79 Å². The van der Waals surface area contributed by atoms with Gasteiger partial charge in [-0.3, -0.25) is 0 Å². The van der Waals surface area contributed by atoms with E-state index in [9.17, 15) is 4.79 Å². The Balaban J connectivity index is 2.39. The molecule has 0 amide bonds. The van der Waals surface area contributed by atoms with Gasteiger partial charge in [0.15, 0.2) is 0 Å². The summed E-state index contributed by atoms with van der Waals surface area (Å²) in [5.41, 5.74) is 0.323. The molecule has 0 aromatic heterocycles. The topological polar surface area (TPSA) is 26.3 Å². The van der Waals surface area contributed by atoms with Gasteiger partial charge in [0, 0.05) is 5.57 Å². The number of hydrogen-bond donors (Lipinski definition) is 0. The van der Waals surface area contributed by atoms with Crippen molar-refractivity contribution >= 4 is 5.97 Å². The Kier molecular flexibility index (Phi) is 1.55. The molecule has 0 N–H and O–H groups in total. The van der Waals surface area contributed by atoms with Gasteiger partial charge in [0.1, 0.15) is 5.60 Å². The summed E-state index contributed by atoms with van der Waals surface area (Å²) in [6.07, 6.45) is 1.98. The van der Waals surface area contributed by atoms with E-state index in [1.165, 1.54) is 0 Å². The van der Waals surface area contributed by atoms with Crippen LogP contribution in [0.25, 0.3) is 0 Å². The SMILES string of the molecule is C=C(C)C(=O)OC1(C)CC1. The van der Waals surface area contributed by atoms with Crippen molar-refractivity contribution in [3.63, 3.8) is 0 Å². The predicted octanol–water partition coefficient (Wildman–Crippen LogP) is 1.66. The van der Waals surface area contributed by atoms with Gasteiger partial charge in [0.05, 0.1) is 0 Å². The second-order valence-corrected chi connectivity index (χ2v) is 3.12. The first kappa shape index (κ1) is 7.32. The summed E-state index contributed by atoms with van der Waals surface area (Å²) in [6.45, 7) is 7.09. The molecule has 0 aliphatic heterocycles. The molecule has 1 rings (SSSR count). The number of carbonyl (C=O) groups is 1. The fraction of sp³-hybridized carbons (Fsp3) is 0.625. The lowest BCUT2D eigenvalue weighted by Crippen LogP contribution is -2.15. The fourth-order valence-electron chi connectivity index (χ4n) is 0.589. The maximum atomic E-state index is 10.9. The van der Waals surface area contributed by atoms with Crippen molar-refractivity contribution < 1.29 is 9.53 Å². The number of ether oxygens (including phenoxy) is 1. The molecule has 0 spiro atoms. The Hall–Kier alpha value is -0.790. The van der Waals surface area contributed by atoms with Crippen LogP contribution in [0.3, 0.4) is 0 Å². The molecule has 2 heteroatoms. The van der Waals surface area contributed by atoms with E-state index in [4.69, 9.17) is 4.74 Å². The Morgan fingerprint density at radius 1 is 1.60 bits per heavy atom. The van der Waals surface area contributed by atoms with Crippen molar-refractivity contribution in [1.82, 2.24) is 0 Å². The zero-order chi connectivity index (χ0) is 7.78. The first-order chi connectivity index (χ1) is 4.53. The van der Waals surface area contributed by atoms with Crippen LogP contribution < -0.4 is 0 Å². The Morgan fingerprint density at radius 2 is 2.10 bits per heavy atom. The van der Waals surface area contributed by atoms with E-state index >= 15 is 0 Å². The van der Waals surface area contributed by atoms with Crippen molar-refractivity contribution in [1.29, 1.82) is 0 Å². The van der Waals surface area contributed by atoms with Crippen molar-refractivity contribution in [3.05, 3.63) is 12.2 Å². The second kappa shape index (κ2) is 2.11. The second-order valence-electron chi connectivity index (χ2n) is 3.12. The number of rotatable bonds is 2. The van der Waals surface area contributed by atoms with Gasteiger partial charge < -0.3 is 4.74 Å². The quantitative estimate of drug-likeness (QED) is 0.430. The zero-order valence-corrected chi connectivity index (χ0v) is 6.44. The van der Waals surface area contributed by atoms with Gasteiger partial charge in [-0.05, 0) is 26.7 Å². The summed E-state index contributed by atoms with van der Waals surface area (Å²) >= 11 is 0. The molecule has 1 saturated carbocycles. The highest BCUT2D eigenvalue weighted by atomic mass is 16.6. The van der Waals surface area contributed by atoms with Gasteiger partial charge >= 0.3 is 5.97 Å². The first-order valence-electron chi connectivity index (χ1n) is 3.42.